The molecule has 0 aliphatic carbocycles. The first-order chi connectivity index (χ1) is 9.60. The molecule has 2 rings (SSSR count). The molecule has 1 aromatic rings. The van der Waals surface area contributed by atoms with E-state index < -0.39 is 0 Å². The SMILES string of the molecule is COC(=O)N1CCCN(C(=O)Cc2ccn(C)c2)CC1. The lowest BCUT2D eigenvalue weighted by molar-refractivity contribution is -0.130. The second kappa shape index (κ2) is 6.45. The van der Waals surface area contributed by atoms with Crippen LogP contribution in [-0.2, 0) is 23.0 Å². The molecular weight excluding hydrogens is 258 g/mol. The zero-order chi connectivity index (χ0) is 14.5. The molecule has 1 aromatic heterocycles. The molecule has 0 bridgehead atoms. The van der Waals surface area contributed by atoms with E-state index in [1.54, 1.807) is 4.90 Å². The van der Waals surface area contributed by atoms with Gasteiger partial charge in [0.2, 0.25) is 5.91 Å². The van der Waals surface area contributed by atoms with Crippen LogP contribution >= 0.6 is 0 Å². The summed E-state index contributed by atoms with van der Waals surface area (Å²) in [5.41, 5.74) is 1.02. The smallest absolute Gasteiger partial charge is 0.409 e. The Morgan fingerprint density at radius 3 is 2.55 bits per heavy atom. The maximum atomic E-state index is 12.3. The van der Waals surface area contributed by atoms with Crippen molar-refractivity contribution in [3.8, 4) is 0 Å². The number of rotatable bonds is 2. The Balaban J connectivity index is 1.89. The molecule has 2 amide bonds. The summed E-state index contributed by atoms with van der Waals surface area (Å²) < 4.78 is 6.65. The minimum Gasteiger partial charge on any atom is -0.453 e. The Labute approximate surface area is 118 Å². The van der Waals surface area contributed by atoms with Gasteiger partial charge in [0.15, 0.2) is 0 Å². The van der Waals surface area contributed by atoms with Crippen LogP contribution in [0.15, 0.2) is 18.5 Å². The predicted molar refractivity (Wildman–Crippen MR) is 74.3 cm³/mol. The lowest BCUT2D eigenvalue weighted by Crippen LogP contribution is -2.37. The van der Waals surface area contributed by atoms with E-state index in [1.807, 2.05) is 35.0 Å². The van der Waals surface area contributed by atoms with Gasteiger partial charge < -0.3 is 19.1 Å². The lowest BCUT2D eigenvalue weighted by Gasteiger charge is -2.21. The van der Waals surface area contributed by atoms with Crippen LogP contribution in [0.25, 0.3) is 0 Å². The summed E-state index contributed by atoms with van der Waals surface area (Å²) >= 11 is 0. The average molecular weight is 279 g/mol. The number of carbonyl (C=O) groups excluding carboxylic acids is 2. The van der Waals surface area contributed by atoms with Crippen LogP contribution in [0.3, 0.4) is 0 Å². The zero-order valence-electron chi connectivity index (χ0n) is 12.0. The van der Waals surface area contributed by atoms with E-state index in [0.29, 0.717) is 32.6 Å². The normalized spacial score (nSPS) is 15.9. The fraction of sp³-hybridized carbons (Fsp3) is 0.571. The summed E-state index contributed by atoms with van der Waals surface area (Å²) in [4.78, 5) is 27.2. The number of ether oxygens (including phenoxy) is 1. The van der Waals surface area contributed by atoms with Crippen molar-refractivity contribution in [2.45, 2.75) is 12.8 Å². The summed E-state index contributed by atoms with van der Waals surface area (Å²) in [5, 5.41) is 0. The van der Waals surface area contributed by atoms with E-state index in [1.165, 1.54) is 7.11 Å². The first kappa shape index (κ1) is 14.4. The van der Waals surface area contributed by atoms with E-state index in [4.69, 9.17) is 4.74 Å². The van der Waals surface area contributed by atoms with Crippen molar-refractivity contribution in [1.29, 1.82) is 0 Å². The van der Waals surface area contributed by atoms with E-state index in [2.05, 4.69) is 0 Å². The Hall–Kier alpha value is -1.98. The van der Waals surface area contributed by atoms with Crippen LogP contribution < -0.4 is 0 Å². The summed E-state index contributed by atoms with van der Waals surface area (Å²) in [6.45, 7) is 2.44. The highest BCUT2D eigenvalue weighted by atomic mass is 16.5. The Kier molecular flexibility index (Phi) is 4.65. The third-order valence-electron chi connectivity index (χ3n) is 3.53. The summed E-state index contributed by atoms with van der Waals surface area (Å²) in [7, 11) is 3.32. The molecule has 6 heteroatoms. The van der Waals surface area contributed by atoms with Crippen molar-refractivity contribution >= 4 is 12.0 Å². The molecule has 1 fully saturated rings. The highest BCUT2D eigenvalue weighted by molar-refractivity contribution is 5.79. The minimum atomic E-state index is -0.317. The van der Waals surface area contributed by atoms with Crippen molar-refractivity contribution in [1.82, 2.24) is 14.4 Å². The summed E-state index contributed by atoms with van der Waals surface area (Å²) in [5.74, 6) is 0.114. The van der Waals surface area contributed by atoms with E-state index in [9.17, 15) is 9.59 Å². The van der Waals surface area contributed by atoms with Gasteiger partial charge in [-0.2, -0.15) is 0 Å². The van der Waals surface area contributed by atoms with Gasteiger partial charge in [-0.1, -0.05) is 0 Å². The largest absolute Gasteiger partial charge is 0.453 e. The molecule has 0 spiro atoms. The summed E-state index contributed by atoms with van der Waals surface area (Å²) in [6.07, 6.45) is 4.78. The van der Waals surface area contributed by atoms with Crippen molar-refractivity contribution in [2.24, 2.45) is 7.05 Å². The molecule has 2 heterocycles. The molecule has 0 atom stereocenters. The van der Waals surface area contributed by atoms with Crippen LogP contribution in [0.4, 0.5) is 4.79 Å². The van der Waals surface area contributed by atoms with E-state index in [0.717, 1.165) is 12.0 Å². The number of hydrogen-bond acceptors (Lipinski definition) is 3. The molecule has 0 N–H and O–H groups in total. The number of amides is 2. The molecule has 1 aliphatic heterocycles. The number of aryl methyl sites for hydroxylation is 1. The molecule has 1 saturated heterocycles. The monoisotopic (exact) mass is 279 g/mol. The predicted octanol–water partition coefficient (Wildman–Crippen LogP) is 0.868. The molecular formula is C14H21N3O3. The van der Waals surface area contributed by atoms with Crippen molar-refractivity contribution in [3.63, 3.8) is 0 Å². The zero-order valence-corrected chi connectivity index (χ0v) is 12.0. The quantitative estimate of drug-likeness (QED) is 0.807. The molecule has 0 saturated carbocycles. The molecule has 110 valence electrons. The Morgan fingerprint density at radius 2 is 1.90 bits per heavy atom. The molecule has 0 unspecified atom stereocenters. The van der Waals surface area contributed by atoms with Gasteiger partial charge in [-0.15, -0.1) is 0 Å². The van der Waals surface area contributed by atoms with Gasteiger partial charge in [-0.05, 0) is 18.1 Å². The minimum absolute atomic E-state index is 0.114. The van der Waals surface area contributed by atoms with Crippen LogP contribution in [0.5, 0.6) is 0 Å². The fourth-order valence-corrected chi connectivity index (χ4v) is 2.43. The first-order valence-electron chi connectivity index (χ1n) is 6.81. The Bertz CT molecular complexity index is 484. The third kappa shape index (κ3) is 3.53. The highest BCUT2D eigenvalue weighted by Crippen LogP contribution is 2.08. The number of carbonyl (C=O) groups is 2. The molecule has 6 nitrogen and oxygen atoms in total. The molecule has 0 aromatic carbocycles. The van der Waals surface area contributed by atoms with E-state index >= 15 is 0 Å². The second-order valence-corrected chi connectivity index (χ2v) is 5.05. The van der Waals surface area contributed by atoms with E-state index in [-0.39, 0.29) is 12.0 Å². The van der Waals surface area contributed by atoms with Gasteiger partial charge in [0, 0.05) is 45.6 Å². The van der Waals surface area contributed by atoms with Gasteiger partial charge in [0.05, 0.1) is 13.5 Å². The molecule has 0 radical (unpaired) electrons. The Morgan fingerprint density at radius 1 is 1.20 bits per heavy atom. The van der Waals surface area contributed by atoms with Crippen molar-refractivity contribution < 1.29 is 14.3 Å². The maximum Gasteiger partial charge on any atom is 0.409 e. The second-order valence-electron chi connectivity index (χ2n) is 5.05. The van der Waals surface area contributed by atoms with Crippen molar-refractivity contribution in [3.05, 3.63) is 24.0 Å². The average Bonchev–Trinajstić information content (AvgIpc) is 2.70. The van der Waals surface area contributed by atoms with Gasteiger partial charge in [-0.25, -0.2) is 4.79 Å². The van der Waals surface area contributed by atoms with Gasteiger partial charge in [-0.3, -0.25) is 4.79 Å². The maximum absolute atomic E-state index is 12.3. The van der Waals surface area contributed by atoms with Crippen LogP contribution in [-0.4, -0.2) is 59.7 Å². The molecule has 1 aliphatic rings. The molecule has 20 heavy (non-hydrogen) atoms. The number of methoxy groups -OCH3 is 1. The first-order valence-corrected chi connectivity index (χ1v) is 6.81. The van der Waals surface area contributed by atoms with Crippen LogP contribution in [0.2, 0.25) is 0 Å². The topological polar surface area (TPSA) is 54.8 Å². The van der Waals surface area contributed by atoms with Crippen LogP contribution in [0, 0.1) is 0 Å². The van der Waals surface area contributed by atoms with Crippen molar-refractivity contribution in [2.75, 3.05) is 33.3 Å². The van der Waals surface area contributed by atoms with Gasteiger partial charge in [0.1, 0.15) is 0 Å². The van der Waals surface area contributed by atoms with Crippen LogP contribution in [0.1, 0.15) is 12.0 Å². The summed E-state index contributed by atoms with van der Waals surface area (Å²) in [6, 6.07) is 1.95. The standard InChI is InChI=1S/C14H21N3O3/c1-15-7-4-12(11-15)10-13(18)16-5-3-6-17(9-8-16)14(19)20-2/h4,7,11H,3,5-6,8-10H2,1-2H3. The number of aromatic nitrogens is 1. The van der Waals surface area contributed by atoms with Gasteiger partial charge >= 0.3 is 6.09 Å². The van der Waals surface area contributed by atoms with Gasteiger partial charge in [0.25, 0.3) is 0 Å². The number of hydrogen-bond donors (Lipinski definition) is 0. The lowest BCUT2D eigenvalue weighted by atomic mass is 10.2. The highest BCUT2D eigenvalue weighted by Gasteiger charge is 2.22. The third-order valence-corrected chi connectivity index (χ3v) is 3.53. The fourth-order valence-electron chi connectivity index (χ4n) is 2.43. The number of nitrogens with zero attached hydrogens (tertiary/aromatic N) is 3.